The van der Waals surface area contributed by atoms with Crippen LogP contribution in [-0.4, -0.2) is 43.0 Å². The molecule has 0 N–H and O–H groups in total. The minimum Gasteiger partial charge on any atom is -0.465 e. The number of fused-ring (bicyclic) bond motifs is 1. The zero-order chi connectivity index (χ0) is 18.8. The molecule has 9 nitrogen and oxygen atoms in total. The number of anilines is 1. The maximum atomic E-state index is 12.7. The summed E-state index contributed by atoms with van der Waals surface area (Å²) in [5, 5.41) is 11.1. The molecule has 0 atom stereocenters. The summed E-state index contributed by atoms with van der Waals surface area (Å²) in [6, 6.07) is 3.65. The minimum atomic E-state index is -2.06. The highest BCUT2D eigenvalue weighted by atomic mass is 16.6. The standard InChI is InChI=1S/C16H18N2O7/c1-4-24-14(20)16(15(21)25-5-2)9-13(19)17(3)12-7-6-10(18(22)23)8-11(12)16/h6-8H,4-5,9H2,1-3H3. The second-order valence-electron chi connectivity index (χ2n) is 5.43. The number of benzene rings is 1. The number of esters is 2. The molecule has 1 aliphatic rings. The molecule has 0 unspecified atom stereocenters. The number of nitro benzene ring substituents is 1. The molecule has 1 aromatic carbocycles. The molecule has 1 aliphatic heterocycles. The largest absolute Gasteiger partial charge is 0.465 e. The first-order chi connectivity index (χ1) is 11.8. The summed E-state index contributed by atoms with van der Waals surface area (Å²) >= 11 is 0. The van der Waals surface area contributed by atoms with Crippen molar-refractivity contribution >= 4 is 29.2 Å². The molecule has 0 radical (unpaired) electrons. The van der Waals surface area contributed by atoms with Crippen LogP contribution >= 0.6 is 0 Å². The predicted octanol–water partition coefficient (Wildman–Crippen LogP) is 1.33. The lowest BCUT2D eigenvalue weighted by Gasteiger charge is -2.37. The van der Waals surface area contributed by atoms with E-state index in [1.807, 2.05) is 0 Å². The summed E-state index contributed by atoms with van der Waals surface area (Å²) in [6.07, 6.45) is -0.519. The number of carbonyl (C=O) groups excluding carboxylic acids is 3. The van der Waals surface area contributed by atoms with Gasteiger partial charge in [0, 0.05) is 30.4 Å². The van der Waals surface area contributed by atoms with Gasteiger partial charge in [0.1, 0.15) is 0 Å². The molecular weight excluding hydrogens is 332 g/mol. The van der Waals surface area contributed by atoms with E-state index in [-0.39, 0.29) is 30.2 Å². The predicted molar refractivity (Wildman–Crippen MR) is 86.1 cm³/mol. The van der Waals surface area contributed by atoms with Gasteiger partial charge in [-0.25, -0.2) is 0 Å². The van der Waals surface area contributed by atoms with E-state index >= 15 is 0 Å². The molecule has 0 spiro atoms. The summed E-state index contributed by atoms with van der Waals surface area (Å²) in [7, 11) is 1.47. The SMILES string of the molecule is CCOC(=O)C1(C(=O)OCC)CC(=O)N(C)c2ccc([N+](=O)[O-])cc21. The Morgan fingerprint density at radius 3 is 2.28 bits per heavy atom. The number of hydrogen-bond donors (Lipinski definition) is 0. The summed E-state index contributed by atoms with van der Waals surface area (Å²) in [6.45, 7) is 3.08. The van der Waals surface area contributed by atoms with Crippen molar-refractivity contribution in [2.24, 2.45) is 0 Å². The van der Waals surface area contributed by atoms with Crippen LogP contribution in [0.5, 0.6) is 0 Å². The molecule has 25 heavy (non-hydrogen) atoms. The lowest BCUT2D eigenvalue weighted by molar-refractivity contribution is -0.384. The molecule has 1 aromatic rings. The van der Waals surface area contributed by atoms with Crippen molar-refractivity contribution in [1.29, 1.82) is 0 Å². The molecule has 0 aromatic heterocycles. The molecule has 0 fully saturated rings. The Labute approximate surface area is 143 Å². The van der Waals surface area contributed by atoms with Crippen LogP contribution in [0.25, 0.3) is 0 Å². The fourth-order valence-electron chi connectivity index (χ4n) is 2.80. The van der Waals surface area contributed by atoms with Crippen molar-refractivity contribution in [3.63, 3.8) is 0 Å². The maximum absolute atomic E-state index is 12.7. The first kappa shape index (κ1) is 18.4. The summed E-state index contributed by atoms with van der Waals surface area (Å²) < 4.78 is 10.0. The van der Waals surface area contributed by atoms with Crippen LogP contribution in [0.4, 0.5) is 11.4 Å². The second kappa shape index (κ2) is 6.88. The molecule has 1 heterocycles. The van der Waals surface area contributed by atoms with Gasteiger partial charge in [-0.1, -0.05) is 0 Å². The van der Waals surface area contributed by atoms with E-state index in [9.17, 15) is 24.5 Å². The highest BCUT2D eigenvalue weighted by molar-refractivity contribution is 6.15. The Morgan fingerprint density at radius 1 is 1.24 bits per heavy atom. The zero-order valence-electron chi connectivity index (χ0n) is 14.1. The average Bonchev–Trinajstić information content (AvgIpc) is 2.57. The first-order valence-corrected chi connectivity index (χ1v) is 7.69. The summed E-state index contributed by atoms with van der Waals surface area (Å²) in [4.78, 5) is 49.5. The lowest BCUT2D eigenvalue weighted by atomic mass is 9.73. The van der Waals surface area contributed by atoms with Gasteiger partial charge in [-0.2, -0.15) is 0 Å². The van der Waals surface area contributed by atoms with Gasteiger partial charge in [0.05, 0.1) is 24.6 Å². The van der Waals surface area contributed by atoms with Gasteiger partial charge >= 0.3 is 11.9 Å². The van der Waals surface area contributed by atoms with Gasteiger partial charge < -0.3 is 14.4 Å². The van der Waals surface area contributed by atoms with Gasteiger partial charge in [-0.05, 0) is 19.9 Å². The average molecular weight is 350 g/mol. The maximum Gasteiger partial charge on any atom is 0.328 e. The van der Waals surface area contributed by atoms with Gasteiger partial charge in [0.15, 0.2) is 0 Å². The minimum absolute atomic E-state index is 0.0196. The van der Waals surface area contributed by atoms with Crippen LogP contribution in [-0.2, 0) is 29.3 Å². The summed E-state index contributed by atoms with van der Waals surface area (Å²) in [5.74, 6) is -2.42. The molecule has 1 amide bonds. The van der Waals surface area contributed by atoms with E-state index < -0.39 is 34.6 Å². The van der Waals surface area contributed by atoms with Crippen LogP contribution in [0.2, 0.25) is 0 Å². The van der Waals surface area contributed by atoms with E-state index in [2.05, 4.69) is 0 Å². The molecule has 0 aliphatic carbocycles. The topological polar surface area (TPSA) is 116 Å². The van der Waals surface area contributed by atoms with E-state index in [0.717, 1.165) is 6.07 Å². The molecule has 134 valence electrons. The highest BCUT2D eigenvalue weighted by Crippen LogP contribution is 2.43. The van der Waals surface area contributed by atoms with Crippen molar-refractivity contribution in [3.8, 4) is 0 Å². The van der Waals surface area contributed by atoms with E-state index in [0.29, 0.717) is 0 Å². The van der Waals surface area contributed by atoms with Crippen LogP contribution in [0.15, 0.2) is 18.2 Å². The van der Waals surface area contributed by atoms with Crippen LogP contribution < -0.4 is 4.90 Å². The van der Waals surface area contributed by atoms with Crippen LogP contribution in [0.1, 0.15) is 25.8 Å². The van der Waals surface area contributed by atoms with Gasteiger partial charge in [0.2, 0.25) is 11.3 Å². The number of carbonyl (C=O) groups is 3. The number of hydrogen-bond acceptors (Lipinski definition) is 7. The quantitative estimate of drug-likeness (QED) is 0.340. The number of nitrogens with zero attached hydrogens (tertiary/aromatic N) is 2. The lowest BCUT2D eigenvalue weighted by Crippen LogP contribution is -2.53. The van der Waals surface area contributed by atoms with E-state index in [4.69, 9.17) is 9.47 Å². The van der Waals surface area contributed by atoms with E-state index in [1.165, 1.54) is 24.1 Å². The Morgan fingerprint density at radius 2 is 1.80 bits per heavy atom. The third-order valence-corrected chi connectivity index (χ3v) is 4.05. The highest BCUT2D eigenvalue weighted by Gasteiger charge is 2.57. The van der Waals surface area contributed by atoms with Crippen molar-refractivity contribution in [3.05, 3.63) is 33.9 Å². The van der Waals surface area contributed by atoms with Crippen molar-refractivity contribution < 1.29 is 28.8 Å². The van der Waals surface area contributed by atoms with Crippen LogP contribution in [0, 0.1) is 10.1 Å². The number of ether oxygens (including phenoxy) is 2. The molecule has 0 saturated heterocycles. The Kier molecular flexibility index (Phi) is 5.05. The fourth-order valence-corrected chi connectivity index (χ4v) is 2.80. The van der Waals surface area contributed by atoms with Gasteiger partial charge in [0.25, 0.3) is 5.69 Å². The molecule has 2 rings (SSSR count). The second-order valence-corrected chi connectivity index (χ2v) is 5.43. The number of rotatable bonds is 5. The first-order valence-electron chi connectivity index (χ1n) is 7.69. The smallest absolute Gasteiger partial charge is 0.328 e. The Bertz CT molecular complexity index is 726. The number of non-ortho nitro benzene ring substituents is 1. The van der Waals surface area contributed by atoms with Gasteiger partial charge in [-0.3, -0.25) is 24.5 Å². The number of amides is 1. The molecule has 0 bridgehead atoms. The van der Waals surface area contributed by atoms with Crippen molar-refractivity contribution in [2.45, 2.75) is 25.7 Å². The third kappa shape index (κ3) is 2.92. The Hall–Kier alpha value is -2.97. The molecule has 0 saturated carbocycles. The molecular formula is C16H18N2O7. The number of nitro groups is 1. The fraction of sp³-hybridized carbons (Fsp3) is 0.438. The Balaban J connectivity index is 2.78. The monoisotopic (exact) mass is 350 g/mol. The normalized spacial score (nSPS) is 15.3. The van der Waals surface area contributed by atoms with Crippen molar-refractivity contribution in [2.75, 3.05) is 25.2 Å². The van der Waals surface area contributed by atoms with Crippen LogP contribution in [0.3, 0.4) is 0 Å². The van der Waals surface area contributed by atoms with E-state index in [1.54, 1.807) is 13.8 Å². The molecule has 9 heteroatoms. The zero-order valence-corrected chi connectivity index (χ0v) is 14.1. The van der Waals surface area contributed by atoms with Crippen molar-refractivity contribution in [1.82, 2.24) is 0 Å². The van der Waals surface area contributed by atoms with Gasteiger partial charge in [-0.15, -0.1) is 0 Å². The summed E-state index contributed by atoms with van der Waals surface area (Å²) in [5.41, 5.74) is -2.11. The third-order valence-electron chi connectivity index (χ3n) is 4.05.